The fourth-order valence-corrected chi connectivity index (χ4v) is 3.14. The lowest BCUT2D eigenvalue weighted by molar-refractivity contribution is -0.124. The highest BCUT2D eigenvalue weighted by atomic mass is 16.5. The molecule has 154 valence electrons. The topological polar surface area (TPSA) is 92.8 Å². The van der Waals surface area contributed by atoms with Gasteiger partial charge in [0.1, 0.15) is 0 Å². The SMILES string of the molecule is C=CCN1C(=O)c2ccc(C(=O)OCC(=O)NC[C@@H](C)c3ccccc3)cc2C1=O. The lowest BCUT2D eigenvalue weighted by atomic mass is 10.0. The summed E-state index contributed by atoms with van der Waals surface area (Å²) in [5.41, 5.74) is 1.56. The zero-order chi connectivity index (χ0) is 21.7. The molecule has 0 aliphatic carbocycles. The lowest BCUT2D eigenvalue weighted by Gasteiger charge is -2.13. The standard InChI is InChI=1S/C23H22N2O5/c1-3-11-25-21(27)18-10-9-17(12-19(18)22(25)28)23(29)30-14-20(26)24-13-15(2)16-7-5-4-6-8-16/h3-10,12,15H,1,11,13-14H2,2H3,(H,24,26)/t15-/m1/s1. The predicted octanol–water partition coefficient (Wildman–Crippen LogP) is 2.55. The summed E-state index contributed by atoms with van der Waals surface area (Å²) in [4.78, 5) is 49.9. The quantitative estimate of drug-likeness (QED) is 0.413. The highest BCUT2D eigenvalue weighted by Gasteiger charge is 2.35. The van der Waals surface area contributed by atoms with Crippen molar-refractivity contribution in [2.45, 2.75) is 12.8 Å². The summed E-state index contributed by atoms with van der Waals surface area (Å²) in [6.07, 6.45) is 1.45. The van der Waals surface area contributed by atoms with Crippen molar-refractivity contribution in [2.75, 3.05) is 19.7 Å². The number of esters is 1. The normalized spacial score (nSPS) is 13.6. The number of carbonyl (C=O) groups is 4. The highest BCUT2D eigenvalue weighted by Crippen LogP contribution is 2.24. The van der Waals surface area contributed by atoms with Crippen LogP contribution >= 0.6 is 0 Å². The van der Waals surface area contributed by atoms with E-state index in [9.17, 15) is 19.2 Å². The number of imide groups is 1. The van der Waals surface area contributed by atoms with Gasteiger partial charge in [0.15, 0.2) is 6.61 Å². The first kappa shape index (κ1) is 21.0. The van der Waals surface area contributed by atoms with Gasteiger partial charge in [-0.1, -0.05) is 43.3 Å². The van der Waals surface area contributed by atoms with Crippen molar-refractivity contribution >= 4 is 23.7 Å². The Kier molecular flexibility index (Phi) is 6.41. The maximum absolute atomic E-state index is 12.3. The molecule has 0 saturated carbocycles. The molecule has 7 nitrogen and oxygen atoms in total. The summed E-state index contributed by atoms with van der Waals surface area (Å²) >= 11 is 0. The van der Waals surface area contributed by atoms with Crippen LogP contribution in [0.4, 0.5) is 0 Å². The monoisotopic (exact) mass is 406 g/mol. The van der Waals surface area contributed by atoms with Crippen molar-refractivity contribution in [3.8, 4) is 0 Å². The molecule has 0 spiro atoms. The van der Waals surface area contributed by atoms with Gasteiger partial charge in [0.05, 0.1) is 16.7 Å². The molecular formula is C23H22N2O5. The molecule has 30 heavy (non-hydrogen) atoms. The summed E-state index contributed by atoms with van der Waals surface area (Å²) in [6.45, 7) is 5.58. The van der Waals surface area contributed by atoms with Crippen molar-refractivity contribution in [3.05, 3.63) is 83.4 Å². The van der Waals surface area contributed by atoms with Gasteiger partial charge in [-0.3, -0.25) is 19.3 Å². The van der Waals surface area contributed by atoms with Crippen LogP contribution in [-0.2, 0) is 9.53 Å². The number of amides is 3. The number of hydrogen-bond donors (Lipinski definition) is 1. The molecule has 3 amide bonds. The van der Waals surface area contributed by atoms with Crippen LogP contribution in [0.3, 0.4) is 0 Å². The number of hydrogen-bond acceptors (Lipinski definition) is 5. The van der Waals surface area contributed by atoms with Crippen molar-refractivity contribution < 1.29 is 23.9 Å². The number of benzene rings is 2. The van der Waals surface area contributed by atoms with Crippen molar-refractivity contribution in [3.63, 3.8) is 0 Å². The molecule has 1 aliphatic heterocycles. The second kappa shape index (κ2) is 9.17. The number of fused-ring (bicyclic) bond motifs is 1. The third-order valence-electron chi connectivity index (χ3n) is 4.83. The Morgan fingerprint density at radius 2 is 1.80 bits per heavy atom. The van der Waals surface area contributed by atoms with E-state index in [0.717, 1.165) is 10.5 Å². The fourth-order valence-electron chi connectivity index (χ4n) is 3.14. The minimum atomic E-state index is -0.744. The lowest BCUT2D eigenvalue weighted by Crippen LogP contribution is -2.31. The average molecular weight is 406 g/mol. The van der Waals surface area contributed by atoms with E-state index in [2.05, 4.69) is 11.9 Å². The van der Waals surface area contributed by atoms with E-state index >= 15 is 0 Å². The van der Waals surface area contributed by atoms with Crippen LogP contribution in [0.2, 0.25) is 0 Å². The Morgan fingerprint density at radius 1 is 1.10 bits per heavy atom. The van der Waals surface area contributed by atoms with Gasteiger partial charge in [0.25, 0.3) is 17.7 Å². The molecule has 2 aromatic rings. The zero-order valence-corrected chi connectivity index (χ0v) is 16.6. The first-order valence-corrected chi connectivity index (χ1v) is 9.52. The van der Waals surface area contributed by atoms with E-state index < -0.39 is 30.3 Å². The van der Waals surface area contributed by atoms with Gasteiger partial charge in [0, 0.05) is 13.1 Å². The summed E-state index contributed by atoms with van der Waals surface area (Å²) in [7, 11) is 0. The van der Waals surface area contributed by atoms with E-state index in [1.54, 1.807) is 0 Å². The highest BCUT2D eigenvalue weighted by molar-refractivity contribution is 6.22. The number of nitrogens with one attached hydrogen (secondary N) is 1. The molecule has 1 atom stereocenters. The van der Waals surface area contributed by atoms with Gasteiger partial charge in [-0.05, 0) is 29.7 Å². The van der Waals surface area contributed by atoms with Gasteiger partial charge in [-0.15, -0.1) is 6.58 Å². The predicted molar refractivity (Wildman–Crippen MR) is 110 cm³/mol. The van der Waals surface area contributed by atoms with Gasteiger partial charge in [-0.2, -0.15) is 0 Å². The number of rotatable bonds is 8. The second-order valence-corrected chi connectivity index (χ2v) is 6.96. The van der Waals surface area contributed by atoms with Gasteiger partial charge in [-0.25, -0.2) is 4.79 Å². The maximum Gasteiger partial charge on any atom is 0.338 e. The van der Waals surface area contributed by atoms with Gasteiger partial charge in [0.2, 0.25) is 0 Å². The summed E-state index contributed by atoms with van der Waals surface area (Å²) in [6, 6.07) is 13.9. The molecule has 0 saturated heterocycles. The molecule has 1 N–H and O–H groups in total. The van der Waals surface area contributed by atoms with Crippen LogP contribution in [0, 0.1) is 0 Å². The summed E-state index contributed by atoms with van der Waals surface area (Å²) in [5, 5.41) is 2.73. The first-order valence-electron chi connectivity index (χ1n) is 9.52. The number of carbonyl (C=O) groups excluding carboxylic acids is 4. The minimum absolute atomic E-state index is 0.0910. The van der Waals surface area contributed by atoms with E-state index in [-0.39, 0.29) is 29.2 Å². The molecule has 1 heterocycles. The zero-order valence-electron chi connectivity index (χ0n) is 16.6. The molecule has 0 radical (unpaired) electrons. The average Bonchev–Trinajstić information content (AvgIpc) is 3.01. The molecule has 1 aliphatic rings. The maximum atomic E-state index is 12.3. The Morgan fingerprint density at radius 3 is 2.50 bits per heavy atom. The number of nitrogens with zero attached hydrogens (tertiary/aromatic N) is 1. The summed E-state index contributed by atoms with van der Waals surface area (Å²) in [5.74, 6) is -1.97. The Balaban J connectivity index is 1.54. The van der Waals surface area contributed by atoms with Gasteiger partial charge < -0.3 is 10.1 Å². The van der Waals surface area contributed by atoms with Crippen LogP contribution in [-0.4, -0.2) is 48.3 Å². The molecule has 3 rings (SSSR count). The molecule has 0 unspecified atom stereocenters. The molecule has 7 heteroatoms. The van der Waals surface area contributed by atoms with Crippen molar-refractivity contribution in [1.82, 2.24) is 10.2 Å². The van der Waals surface area contributed by atoms with Crippen molar-refractivity contribution in [2.24, 2.45) is 0 Å². The van der Waals surface area contributed by atoms with E-state index in [4.69, 9.17) is 4.74 Å². The van der Waals surface area contributed by atoms with Crippen LogP contribution in [0.25, 0.3) is 0 Å². The molecule has 0 aromatic heterocycles. The van der Waals surface area contributed by atoms with Gasteiger partial charge >= 0.3 is 5.97 Å². The van der Waals surface area contributed by atoms with Crippen LogP contribution in [0.5, 0.6) is 0 Å². The largest absolute Gasteiger partial charge is 0.452 e. The van der Waals surface area contributed by atoms with Crippen LogP contribution in [0.15, 0.2) is 61.2 Å². The summed E-state index contributed by atoms with van der Waals surface area (Å²) < 4.78 is 5.05. The second-order valence-electron chi connectivity index (χ2n) is 6.96. The van der Waals surface area contributed by atoms with E-state index in [1.165, 1.54) is 24.3 Å². The third-order valence-corrected chi connectivity index (χ3v) is 4.83. The Labute approximate surface area is 174 Å². The van der Waals surface area contributed by atoms with E-state index in [0.29, 0.717) is 6.54 Å². The van der Waals surface area contributed by atoms with Crippen molar-refractivity contribution in [1.29, 1.82) is 0 Å². The molecule has 2 aromatic carbocycles. The smallest absolute Gasteiger partial charge is 0.338 e. The van der Waals surface area contributed by atoms with Crippen LogP contribution in [0.1, 0.15) is 49.5 Å². The Bertz CT molecular complexity index is 1000. The van der Waals surface area contributed by atoms with E-state index in [1.807, 2.05) is 37.3 Å². The Hall–Kier alpha value is -3.74. The molecular weight excluding hydrogens is 384 g/mol. The fraction of sp³-hybridized carbons (Fsp3) is 0.217. The van der Waals surface area contributed by atoms with Crippen LogP contribution < -0.4 is 5.32 Å². The minimum Gasteiger partial charge on any atom is -0.452 e. The molecule has 0 bridgehead atoms. The number of ether oxygens (including phenoxy) is 1. The molecule has 0 fully saturated rings. The first-order chi connectivity index (χ1) is 14.4. The third kappa shape index (κ3) is 4.46.